The van der Waals surface area contributed by atoms with Gasteiger partial charge in [-0.1, -0.05) is 11.6 Å². The summed E-state index contributed by atoms with van der Waals surface area (Å²) in [6.45, 7) is 5.29. The lowest BCUT2D eigenvalue weighted by molar-refractivity contribution is 0.239. The van der Waals surface area contributed by atoms with Crippen molar-refractivity contribution >= 4 is 46.4 Å². The summed E-state index contributed by atoms with van der Waals surface area (Å²) >= 11 is 5.89. The van der Waals surface area contributed by atoms with Gasteiger partial charge in [0.1, 0.15) is 5.15 Å². The van der Waals surface area contributed by atoms with E-state index in [4.69, 9.17) is 11.6 Å². The molecule has 1 saturated heterocycles. The summed E-state index contributed by atoms with van der Waals surface area (Å²) in [7, 11) is -1.97. The Kier molecular flexibility index (Phi) is 9.88. The zero-order chi connectivity index (χ0) is 14.6. The lowest BCUT2D eigenvalue weighted by atomic mass is 10.3. The third-order valence-corrected chi connectivity index (χ3v) is 5.19. The smallest absolute Gasteiger partial charge is 0.261 e. The fraction of sp³-hybridized carbons (Fsp3) is 0.727. The third kappa shape index (κ3) is 5.84. The molecule has 130 valence electrons. The van der Waals surface area contributed by atoms with Gasteiger partial charge in [0.2, 0.25) is 5.03 Å². The number of hydrogen-bond donors (Lipinski definition) is 2. The number of imidazole rings is 1. The van der Waals surface area contributed by atoms with Crippen LogP contribution in [0.5, 0.6) is 0 Å². The summed E-state index contributed by atoms with van der Waals surface area (Å²) in [4.78, 5) is 6.14. The normalized spacial score (nSPS) is 15.9. The van der Waals surface area contributed by atoms with E-state index in [1.54, 1.807) is 7.05 Å². The van der Waals surface area contributed by atoms with Gasteiger partial charge in [-0.2, -0.15) is 0 Å². The summed E-state index contributed by atoms with van der Waals surface area (Å²) in [5.41, 5.74) is 0. The number of sulfonamides is 1. The number of halogens is 3. The Bertz CT molecular complexity index is 546. The van der Waals surface area contributed by atoms with Crippen LogP contribution in [0, 0.1) is 0 Å². The zero-order valence-corrected chi connectivity index (χ0v) is 15.5. The molecule has 1 aromatic heterocycles. The molecule has 0 bridgehead atoms. The van der Waals surface area contributed by atoms with Gasteiger partial charge in [0.25, 0.3) is 10.0 Å². The van der Waals surface area contributed by atoms with Crippen LogP contribution in [0.1, 0.15) is 6.42 Å². The number of nitrogens with zero attached hydrogens (tertiary/aromatic N) is 3. The van der Waals surface area contributed by atoms with Gasteiger partial charge in [0.05, 0.1) is 6.33 Å². The van der Waals surface area contributed by atoms with Gasteiger partial charge in [-0.25, -0.2) is 18.1 Å². The van der Waals surface area contributed by atoms with Gasteiger partial charge < -0.3 is 14.8 Å². The molecule has 0 radical (unpaired) electrons. The molecular formula is C11H22Cl3N5O2S. The van der Waals surface area contributed by atoms with Crippen LogP contribution >= 0.6 is 36.4 Å². The highest BCUT2D eigenvalue weighted by Crippen LogP contribution is 2.17. The molecule has 0 spiro atoms. The molecule has 0 saturated carbocycles. The molecule has 1 aliphatic heterocycles. The molecule has 0 aliphatic carbocycles. The molecule has 22 heavy (non-hydrogen) atoms. The largest absolute Gasteiger partial charge is 0.324 e. The maximum absolute atomic E-state index is 12.0. The molecule has 2 heterocycles. The Morgan fingerprint density at radius 1 is 1.36 bits per heavy atom. The van der Waals surface area contributed by atoms with E-state index in [-0.39, 0.29) is 35.0 Å². The molecule has 0 aromatic carbocycles. The summed E-state index contributed by atoms with van der Waals surface area (Å²) < 4.78 is 28.1. The van der Waals surface area contributed by atoms with Crippen molar-refractivity contribution in [3.05, 3.63) is 11.5 Å². The minimum Gasteiger partial charge on any atom is -0.324 e. The highest BCUT2D eigenvalue weighted by atomic mass is 35.5. The highest BCUT2D eigenvalue weighted by molar-refractivity contribution is 7.89. The van der Waals surface area contributed by atoms with Crippen molar-refractivity contribution < 1.29 is 8.42 Å². The molecule has 7 nitrogen and oxygen atoms in total. The van der Waals surface area contributed by atoms with Crippen molar-refractivity contribution in [2.75, 3.05) is 39.3 Å². The quantitative estimate of drug-likeness (QED) is 0.687. The van der Waals surface area contributed by atoms with Gasteiger partial charge in [0.15, 0.2) is 0 Å². The van der Waals surface area contributed by atoms with Crippen molar-refractivity contribution in [2.24, 2.45) is 7.05 Å². The topological polar surface area (TPSA) is 79.3 Å². The first-order valence-electron chi connectivity index (χ1n) is 6.60. The number of aromatic nitrogens is 2. The van der Waals surface area contributed by atoms with Crippen LogP contribution in [0.3, 0.4) is 0 Å². The first kappa shape index (κ1) is 21.9. The predicted octanol–water partition coefficient (Wildman–Crippen LogP) is 0.491. The van der Waals surface area contributed by atoms with Gasteiger partial charge >= 0.3 is 0 Å². The molecule has 1 aromatic rings. The SMILES string of the molecule is Cl.Cl.Cn1cnc(S(=O)(=O)NCCCN2CCNCC2)c1Cl. The number of nitrogens with one attached hydrogen (secondary N) is 2. The summed E-state index contributed by atoms with van der Waals surface area (Å²) in [5.74, 6) is 0. The Hall–Kier alpha value is -0.0900. The van der Waals surface area contributed by atoms with Crippen LogP contribution < -0.4 is 10.0 Å². The van der Waals surface area contributed by atoms with Crippen molar-refractivity contribution in [1.29, 1.82) is 0 Å². The Labute approximate surface area is 148 Å². The average Bonchev–Trinajstić information content (AvgIpc) is 2.77. The Morgan fingerprint density at radius 3 is 2.55 bits per heavy atom. The van der Waals surface area contributed by atoms with Crippen molar-refractivity contribution in [3.8, 4) is 0 Å². The minimum atomic E-state index is -3.62. The fourth-order valence-electron chi connectivity index (χ4n) is 2.09. The highest BCUT2D eigenvalue weighted by Gasteiger charge is 2.21. The van der Waals surface area contributed by atoms with Crippen molar-refractivity contribution in [1.82, 2.24) is 24.5 Å². The average molecular weight is 395 g/mol. The molecule has 0 unspecified atom stereocenters. The van der Waals surface area contributed by atoms with Crippen molar-refractivity contribution in [3.63, 3.8) is 0 Å². The van der Waals surface area contributed by atoms with Crippen molar-refractivity contribution in [2.45, 2.75) is 11.4 Å². The van der Waals surface area contributed by atoms with E-state index in [0.717, 1.165) is 39.1 Å². The van der Waals surface area contributed by atoms with Crippen LogP contribution in [0.4, 0.5) is 0 Å². The minimum absolute atomic E-state index is 0. The van der Waals surface area contributed by atoms with E-state index in [9.17, 15) is 8.42 Å². The van der Waals surface area contributed by atoms with E-state index < -0.39 is 10.0 Å². The standard InChI is InChI=1S/C11H20ClN5O2S.2ClH/c1-16-9-14-11(10(16)12)20(18,19)15-3-2-6-17-7-4-13-5-8-17;;/h9,13,15H,2-8H2,1H3;2*1H. The lowest BCUT2D eigenvalue weighted by Gasteiger charge is -2.26. The maximum Gasteiger partial charge on any atom is 0.261 e. The van der Waals surface area contributed by atoms with Gasteiger partial charge in [-0.3, -0.25) is 0 Å². The number of rotatable bonds is 6. The number of hydrogen-bond acceptors (Lipinski definition) is 5. The van der Waals surface area contributed by atoms with E-state index in [1.165, 1.54) is 10.9 Å². The number of aryl methyl sites for hydroxylation is 1. The second-order valence-corrected chi connectivity index (χ2v) is 6.83. The molecule has 2 N–H and O–H groups in total. The maximum atomic E-state index is 12.0. The number of piperazine rings is 1. The third-order valence-electron chi connectivity index (χ3n) is 3.24. The zero-order valence-electron chi connectivity index (χ0n) is 12.3. The predicted molar refractivity (Wildman–Crippen MR) is 91.8 cm³/mol. The Balaban J connectivity index is 0.00000220. The van der Waals surface area contributed by atoms with Crippen LogP contribution in [0.15, 0.2) is 11.4 Å². The molecule has 1 fully saturated rings. The van der Waals surface area contributed by atoms with Crippen LogP contribution in [0.25, 0.3) is 0 Å². The van der Waals surface area contributed by atoms with Crippen LogP contribution in [0.2, 0.25) is 5.15 Å². The first-order chi connectivity index (χ1) is 9.50. The monoisotopic (exact) mass is 393 g/mol. The van der Waals surface area contributed by atoms with Crippen LogP contribution in [-0.4, -0.2) is 62.1 Å². The van der Waals surface area contributed by atoms with E-state index in [0.29, 0.717) is 6.54 Å². The molecule has 0 amide bonds. The first-order valence-corrected chi connectivity index (χ1v) is 8.46. The fourth-order valence-corrected chi connectivity index (χ4v) is 3.59. The second kappa shape index (κ2) is 9.92. The lowest BCUT2D eigenvalue weighted by Crippen LogP contribution is -2.44. The van der Waals surface area contributed by atoms with Crippen LogP contribution in [-0.2, 0) is 17.1 Å². The summed E-state index contributed by atoms with van der Waals surface area (Å²) in [5, 5.41) is 3.30. The second-order valence-electron chi connectivity index (χ2n) is 4.79. The summed E-state index contributed by atoms with van der Waals surface area (Å²) in [6, 6.07) is 0. The summed E-state index contributed by atoms with van der Waals surface area (Å²) in [6.07, 6.45) is 2.15. The van der Waals surface area contributed by atoms with Gasteiger partial charge in [-0.05, 0) is 13.0 Å². The molecular weight excluding hydrogens is 373 g/mol. The van der Waals surface area contributed by atoms with E-state index >= 15 is 0 Å². The molecule has 0 atom stereocenters. The Morgan fingerprint density at radius 2 is 2.00 bits per heavy atom. The van der Waals surface area contributed by atoms with E-state index in [1.807, 2.05) is 0 Å². The van der Waals surface area contributed by atoms with Gasteiger partial charge in [-0.15, -0.1) is 24.8 Å². The van der Waals surface area contributed by atoms with E-state index in [2.05, 4.69) is 19.9 Å². The molecule has 2 rings (SSSR count). The molecule has 11 heteroatoms. The molecule has 1 aliphatic rings. The van der Waals surface area contributed by atoms with Gasteiger partial charge in [0, 0.05) is 39.8 Å².